The van der Waals surface area contributed by atoms with E-state index in [2.05, 4.69) is 15.0 Å². The number of hydrogen-bond acceptors (Lipinski definition) is 4. The lowest BCUT2D eigenvalue weighted by Crippen LogP contribution is -2.12. The summed E-state index contributed by atoms with van der Waals surface area (Å²) in [5, 5.41) is 3.58. The van der Waals surface area contributed by atoms with Crippen LogP contribution in [0.2, 0.25) is 0 Å². The third-order valence-electron chi connectivity index (χ3n) is 3.68. The van der Waals surface area contributed by atoms with Crippen molar-refractivity contribution in [3.63, 3.8) is 0 Å². The highest BCUT2D eigenvalue weighted by molar-refractivity contribution is 6.13. The van der Waals surface area contributed by atoms with E-state index < -0.39 is 5.97 Å². The molecular weight excluding hydrogens is 308 g/mol. The van der Waals surface area contributed by atoms with Crippen LogP contribution in [0.15, 0.2) is 48.7 Å². The number of aromatic nitrogens is 1. The Hall–Kier alpha value is -3.28. The Kier molecular flexibility index (Phi) is 4.20. The molecule has 0 bridgehead atoms. The highest BCUT2D eigenvalue weighted by Crippen LogP contribution is 2.24. The van der Waals surface area contributed by atoms with Crippen LogP contribution in [0.4, 0.5) is 5.69 Å². The second kappa shape index (κ2) is 6.45. The predicted molar refractivity (Wildman–Crippen MR) is 90.6 cm³/mol. The maximum atomic E-state index is 12.5. The summed E-state index contributed by atoms with van der Waals surface area (Å²) in [6, 6.07) is 12.0. The maximum Gasteiger partial charge on any atom is 0.337 e. The minimum absolute atomic E-state index is 0.270. The van der Waals surface area contributed by atoms with Gasteiger partial charge in [-0.3, -0.25) is 4.79 Å². The summed E-state index contributed by atoms with van der Waals surface area (Å²) in [6.07, 6.45) is 1.64. The van der Waals surface area contributed by atoms with E-state index in [0.717, 1.165) is 10.9 Å². The van der Waals surface area contributed by atoms with Crippen LogP contribution in [-0.2, 0) is 4.74 Å². The van der Waals surface area contributed by atoms with Gasteiger partial charge in [0.2, 0.25) is 0 Å². The summed E-state index contributed by atoms with van der Waals surface area (Å²) in [6.45, 7) is 0. The molecule has 0 unspecified atom stereocenters. The number of H-pyrrole nitrogens is 1. The first-order chi connectivity index (χ1) is 11.6. The third kappa shape index (κ3) is 2.94. The number of benzene rings is 2. The van der Waals surface area contributed by atoms with E-state index in [4.69, 9.17) is 4.74 Å². The molecule has 1 heterocycles. The molecule has 1 amide bonds. The Morgan fingerprint density at radius 3 is 2.67 bits per heavy atom. The number of carbonyl (C=O) groups is 2. The van der Waals surface area contributed by atoms with Gasteiger partial charge in [-0.05, 0) is 30.3 Å². The van der Waals surface area contributed by atoms with Gasteiger partial charge in [-0.1, -0.05) is 6.07 Å². The standard InChI is InChI=1S/C18H16N2O4/c1-23-13-6-7-14-15(10-19-16(14)9-13)17(21)20-12-5-3-4-11(8-12)18(22)24-2/h3-10,19H,1-2H3,(H,20,21). The normalized spacial score (nSPS) is 10.4. The van der Waals surface area contributed by atoms with Gasteiger partial charge >= 0.3 is 5.97 Å². The predicted octanol–water partition coefficient (Wildman–Crippen LogP) is 3.22. The Morgan fingerprint density at radius 1 is 1.08 bits per heavy atom. The van der Waals surface area contributed by atoms with Crippen LogP contribution in [-0.4, -0.2) is 31.1 Å². The first kappa shape index (κ1) is 15.6. The lowest BCUT2D eigenvalue weighted by Gasteiger charge is -2.06. The molecule has 1 aromatic heterocycles. The lowest BCUT2D eigenvalue weighted by molar-refractivity contribution is 0.0600. The van der Waals surface area contributed by atoms with Gasteiger partial charge in [0.25, 0.3) is 5.91 Å². The van der Waals surface area contributed by atoms with Crippen molar-refractivity contribution < 1.29 is 19.1 Å². The average molecular weight is 324 g/mol. The Labute approximate surface area is 138 Å². The average Bonchev–Trinajstić information content (AvgIpc) is 3.04. The van der Waals surface area contributed by atoms with Crippen molar-refractivity contribution in [2.75, 3.05) is 19.5 Å². The van der Waals surface area contributed by atoms with Gasteiger partial charge in [-0.15, -0.1) is 0 Å². The molecule has 3 aromatic rings. The van der Waals surface area contributed by atoms with Crippen molar-refractivity contribution in [3.8, 4) is 5.75 Å². The fourth-order valence-electron chi connectivity index (χ4n) is 2.46. The van der Waals surface area contributed by atoms with Crippen LogP contribution in [0.3, 0.4) is 0 Å². The number of carbonyl (C=O) groups excluding carboxylic acids is 2. The highest BCUT2D eigenvalue weighted by Gasteiger charge is 2.14. The number of nitrogens with one attached hydrogen (secondary N) is 2. The number of ether oxygens (including phenoxy) is 2. The molecule has 2 N–H and O–H groups in total. The summed E-state index contributed by atoms with van der Waals surface area (Å²) in [7, 11) is 2.90. The third-order valence-corrected chi connectivity index (χ3v) is 3.68. The number of hydrogen-bond donors (Lipinski definition) is 2. The molecule has 0 saturated heterocycles. The Morgan fingerprint density at radius 2 is 1.92 bits per heavy atom. The van der Waals surface area contributed by atoms with Crippen molar-refractivity contribution in [3.05, 3.63) is 59.8 Å². The maximum absolute atomic E-state index is 12.5. The SMILES string of the molecule is COC(=O)c1cccc(NC(=O)c2c[nH]c3cc(OC)ccc23)c1. The van der Waals surface area contributed by atoms with E-state index in [1.54, 1.807) is 43.6 Å². The minimum Gasteiger partial charge on any atom is -0.497 e. The number of rotatable bonds is 4. The fourth-order valence-corrected chi connectivity index (χ4v) is 2.46. The van der Waals surface area contributed by atoms with Crippen LogP contribution in [0.5, 0.6) is 5.75 Å². The summed E-state index contributed by atoms with van der Waals surface area (Å²) in [5.74, 6) is -0.0131. The van der Waals surface area contributed by atoms with Gasteiger partial charge in [-0.25, -0.2) is 4.79 Å². The molecule has 2 aromatic carbocycles. The molecule has 0 aliphatic heterocycles. The van der Waals surface area contributed by atoms with Crippen LogP contribution in [0.25, 0.3) is 10.9 Å². The van der Waals surface area contributed by atoms with Gasteiger partial charge in [0.15, 0.2) is 0 Å². The molecule has 0 fully saturated rings. The van der Waals surface area contributed by atoms with Crippen LogP contribution >= 0.6 is 0 Å². The lowest BCUT2D eigenvalue weighted by atomic mass is 10.1. The second-order valence-electron chi connectivity index (χ2n) is 5.14. The summed E-state index contributed by atoms with van der Waals surface area (Å²) in [4.78, 5) is 27.1. The molecule has 6 nitrogen and oxygen atoms in total. The van der Waals surface area contributed by atoms with Gasteiger partial charge in [0, 0.05) is 28.9 Å². The molecule has 6 heteroatoms. The number of aromatic amines is 1. The molecule has 0 saturated carbocycles. The van der Waals surface area contributed by atoms with E-state index in [0.29, 0.717) is 22.6 Å². The second-order valence-corrected chi connectivity index (χ2v) is 5.14. The molecule has 24 heavy (non-hydrogen) atoms. The number of anilines is 1. The smallest absolute Gasteiger partial charge is 0.337 e. The van der Waals surface area contributed by atoms with Crippen molar-refractivity contribution in [1.29, 1.82) is 0 Å². The fraction of sp³-hybridized carbons (Fsp3) is 0.111. The minimum atomic E-state index is -0.453. The molecule has 122 valence electrons. The monoisotopic (exact) mass is 324 g/mol. The van der Waals surface area contributed by atoms with Gasteiger partial charge in [0.1, 0.15) is 5.75 Å². The molecule has 0 aliphatic carbocycles. The summed E-state index contributed by atoms with van der Waals surface area (Å²) >= 11 is 0. The number of amides is 1. The molecule has 0 spiro atoms. The van der Waals surface area contributed by atoms with E-state index in [1.165, 1.54) is 7.11 Å². The van der Waals surface area contributed by atoms with Crippen LogP contribution in [0, 0.1) is 0 Å². The van der Waals surface area contributed by atoms with Gasteiger partial charge in [-0.2, -0.15) is 0 Å². The van der Waals surface area contributed by atoms with E-state index in [-0.39, 0.29) is 5.91 Å². The summed E-state index contributed by atoms with van der Waals surface area (Å²) in [5.41, 5.74) is 2.21. The summed E-state index contributed by atoms with van der Waals surface area (Å²) < 4.78 is 9.85. The largest absolute Gasteiger partial charge is 0.497 e. The quantitative estimate of drug-likeness (QED) is 0.722. The molecule has 3 rings (SSSR count). The number of esters is 1. The van der Waals surface area contributed by atoms with Crippen molar-refractivity contribution in [1.82, 2.24) is 4.98 Å². The Bertz CT molecular complexity index is 914. The molecule has 0 radical (unpaired) electrons. The first-order valence-corrected chi connectivity index (χ1v) is 7.27. The molecule has 0 aliphatic rings. The number of fused-ring (bicyclic) bond motifs is 1. The van der Waals surface area contributed by atoms with Gasteiger partial charge in [0.05, 0.1) is 25.3 Å². The van der Waals surface area contributed by atoms with E-state index in [1.807, 2.05) is 12.1 Å². The topological polar surface area (TPSA) is 80.4 Å². The van der Waals surface area contributed by atoms with Crippen LogP contribution in [0.1, 0.15) is 20.7 Å². The molecule has 0 atom stereocenters. The zero-order valence-electron chi connectivity index (χ0n) is 13.3. The first-order valence-electron chi connectivity index (χ1n) is 7.27. The van der Waals surface area contributed by atoms with Gasteiger partial charge < -0.3 is 19.8 Å². The van der Waals surface area contributed by atoms with E-state index >= 15 is 0 Å². The van der Waals surface area contributed by atoms with Crippen molar-refractivity contribution in [2.45, 2.75) is 0 Å². The number of methoxy groups -OCH3 is 2. The van der Waals surface area contributed by atoms with E-state index in [9.17, 15) is 9.59 Å². The molecular formula is C18H16N2O4. The highest BCUT2D eigenvalue weighted by atomic mass is 16.5. The van der Waals surface area contributed by atoms with Crippen LogP contribution < -0.4 is 10.1 Å². The van der Waals surface area contributed by atoms with Crippen molar-refractivity contribution >= 4 is 28.5 Å². The van der Waals surface area contributed by atoms with Crippen molar-refractivity contribution in [2.24, 2.45) is 0 Å². The zero-order valence-corrected chi connectivity index (χ0v) is 13.3. The Balaban J connectivity index is 1.86. The zero-order chi connectivity index (χ0) is 17.1.